The van der Waals surface area contributed by atoms with Gasteiger partial charge >= 0.3 is 6.18 Å². The molecule has 2 aromatic rings. The molecule has 122 valence electrons. The number of carbonyl (C=O) groups excluding carboxylic acids is 1. The van der Waals surface area contributed by atoms with E-state index < -0.39 is 17.6 Å². The lowest BCUT2D eigenvalue weighted by Crippen LogP contribution is -2.30. The Morgan fingerprint density at radius 1 is 1.35 bits per heavy atom. The summed E-state index contributed by atoms with van der Waals surface area (Å²) in [6, 6.07) is 4.91. The Labute approximate surface area is 131 Å². The number of carbonyl (C=O) groups is 1. The number of benzene rings is 1. The summed E-state index contributed by atoms with van der Waals surface area (Å²) in [4.78, 5) is 21.3. The Balaban J connectivity index is 1.80. The van der Waals surface area contributed by atoms with Crippen molar-refractivity contribution < 1.29 is 18.0 Å². The number of likely N-dealkylation sites (tertiary alicyclic amines) is 1. The fraction of sp³-hybridized carbons (Fsp3) is 0.375. The van der Waals surface area contributed by atoms with Crippen molar-refractivity contribution >= 4 is 5.91 Å². The van der Waals surface area contributed by atoms with Gasteiger partial charge in [0.05, 0.1) is 11.1 Å². The molecule has 1 fully saturated rings. The Hall–Kier alpha value is -2.31. The predicted octanol–water partition coefficient (Wildman–Crippen LogP) is 3.37. The van der Waals surface area contributed by atoms with Crippen LogP contribution in [0, 0.1) is 6.92 Å². The minimum atomic E-state index is -4.54. The molecule has 23 heavy (non-hydrogen) atoms. The van der Waals surface area contributed by atoms with Crippen LogP contribution in [-0.4, -0.2) is 33.9 Å². The van der Waals surface area contributed by atoms with E-state index in [1.165, 1.54) is 23.1 Å². The standard InChI is InChI=1S/C16H16F3N3O/c1-10-8-20-14(21-10)11-6-7-22(9-11)15(23)12-4-2-3-5-13(12)16(17,18)19/h2-5,8,11H,6-7,9H2,1H3,(H,20,21)/t11-/m0/s1. The van der Waals surface area contributed by atoms with E-state index in [0.717, 1.165) is 17.6 Å². The summed E-state index contributed by atoms with van der Waals surface area (Å²) in [5, 5.41) is 0. The van der Waals surface area contributed by atoms with Crippen molar-refractivity contribution in [3.8, 4) is 0 Å². The Kier molecular flexibility index (Phi) is 3.87. The minimum absolute atomic E-state index is 0.0331. The van der Waals surface area contributed by atoms with E-state index in [-0.39, 0.29) is 11.5 Å². The van der Waals surface area contributed by atoms with Gasteiger partial charge in [-0.1, -0.05) is 12.1 Å². The van der Waals surface area contributed by atoms with Crippen molar-refractivity contribution in [3.63, 3.8) is 0 Å². The number of nitrogens with one attached hydrogen (secondary N) is 1. The molecule has 1 amide bonds. The van der Waals surface area contributed by atoms with Crippen molar-refractivity contribution in [3.05, 3.63) is 53.1 Å². The van der Waals surface area contributed by atoms with Crippen molar-refractivity contribution in [2.24, 2.45) is 0 Å². The van der Waals surface area contributed by atoms with Gasteiger partial charge in [-0.3, -0.25) is 4.79 Å². The van der Waals surface area contributed by atoms with Crippen LogP contribution in [0.25, 0.3) is 0 Å². The van der Waals surface area contributed by atoms with Crippen LogP contribution in [0.3, 0.4) is 0 Å². The number of halogens is 3. The summed E-state index contributed by atoms with van der Waals surface area (Å²) in [6.45, 7) is 2.68. The van der Waals surface area contributed by atoms with Gasteiger partial charge in [-0.05, 0) is 25.5 Å². The number of H-pyrrole nitrogens is 1. The SMILES string of the molecule is Cc1cnc([C@H]2CCN(C(=O)c3ccccc3C(F)(F)F)C2)[nH]1. The topological polar surface area (TPSA) is 49.0 Å². The Bertz CT molecular complexity index is 723. The fourth-order valence-corrected chi connectivity index (χ4v) is 2.90. The van der Waals surface area contributed by atoms with Crippen molar-refractivity contribution in [1.29, 1.82) is 0 Å². The Morgan fingerprint density at radius 3 is 2.74 bits per heavy atom. The van der Waals surface area contributed by atoms with Gasteiger partial charge in [0, 0.05) is 30.9 Å². The first-order valence-corrected chi connectivity index (χ1v) is 7.33. The van der Waals surface area contributed by atoms with Crippen molar-refractivity contribution in [1.82, 2.24) is 14.9 Å². The summed E-state index contributed by atoms with van der Waals surface area (Å²) in [6.07, 6.45) is -2.14. The summed E-state index contributed by atoms with van der Waals surface area (Å²) in [5.41, 5.74) is -0.259. The van der Waals surface area contributed by atoms with E-state index in [1.807, 2.05) is 6.92 Å². The number of hydrogen-bond acceptors (Lipinski definition) is 2. The molecule has 1 aliphatic heterocycles. The molecule has 1 aliphatic rings. The number of rotatable bonds is 2. The number of aryl methyl sites for hydroxylation is 1. The molecule has 1 atom stereocenters. The van der Waals surface area contributed by atoms with Gasteiger partial charge < -0.3 is 9.88 Å². The number of imidazole rings is 1. The van der Waals surface area contributed by atoms with Gasteiger partial charge in [-0.25, -0.2) is 4.98 Å². The van der Waals surface area contributed by atoms with Crippen LogP contribution in [0.5, 0.6) is 0 Å². The lowest BCUT2D eigenvalue weighted by Gasteiger charge is -2.19. The second-order valence-electron chi connectivity index (χ2n) is 5.73. The van der Waals surface area contributed by atoms with E-state index in [9.17, 15) is 18.0 Å². The molecular formula is C16H16F3N3O. The number of nitrogens with zero attached hydrogens (tertiary/aromatic N) is 2. The molecule has 0 radical (unpaired) electrons. The van der Waals surface area contributed by atoms with Crippen LogP contribution in [0.1, 0.15) is 39.8 Å². The monoisotopic (exact) mass is 323 g/mol. The molecule has 4 nitrogen and oxygen atoms in total. The summed E-state index contributed by atoms with van der Waals surface area (Å²) < 4.78 is 39.2. The van der Waals surface area contributed by atoms with Gasteiger partial charge in [-0.2, -0.15) is 13.2 Å². The van der Waals surface area contributed by atoms with Crippen LogP contribution in [0.15, 0.2) is 30.5 Å². The van der Waals surface area contributed by atoms with Crippen LogP contribution >= 0.6 is 0 Å². The number of hydrogen-bond donors (Lipinski definition) is 1. The molecule has 3 rings (SSSR count). The van der Waals surface area contributed by atoms with E-state index in [2.05, 4.69) is 9.97 Å². The Morgan fingerprint density at radius 2 is 2.09 bits per heavy atom. The minimum Gasteiger partial charge on any atom is -0.346 e. The molecule has 7 heteroatoms. The molecule has 1 aromatic heterocycles. The molecular weight excluding hydrogens is 307 g/mol. The van der Waals surface area contributed by atoms with Gasteiger partial charge in [0.2, 0.25) is 0 Å². The third-order valence-electron chi connectivity index (χ3n) is 4.05. The first kappa shape index (κ1) is 15.6. The maximum atomic E-state index is 13.1. The van der Waals surface area contributed by atoms with Gasteiger partial charge in [0.25, 0.3) is 5.91 Å². The molecule has 0 aliphatic carbocycles. The molecule has 0 unspecified atom stereocenters. The average molecular weight is 323 g/mol. The lowest BCUT2D eigenvalue weighted by atomic mass is 10.1. The van der Waals surface area contributed by atoms with E-state index >= 15 is 0 Å². The highest BCUT2D eigenvalue weighted by Gasteiger charge is 2.37. The van der Waals surface area contributed by atoms with Crippen LogP contribution in [0.2, 0.25) is 0 Å². The summed E-state index contributed by atoms with van der Waals surface area (Å²) >= 11 is 0. The number of amides is 1. The number of aromatic amines is 1. The maximum absolute atomic E-state index is 13.1. The van der Waals surface area contributed by atoms with Crippen LogP contribution in [-0.2, 0) is 6.18 Å². The molecule has 0 spiro atoms. The van der Waals surface area contributed by atoms with Crippen molar-refractivity contribution in [2.45, 2.75) is 25.4 Å². The zero-order valence-corrected chi connectivity index (χ0v) is 12.5. The van der Waals surface area contributed by atoms with Crippen LogP contribution < -0.4 is 0 Å². The average Bonchev–Trinajstić information content (AvgIpc) is 3.14. The molecule has 1 N–H and O–H groups in total. The van der Waals surface area contributed by atoms with Gasteiger partial charge in [-0.15, -0.1) is 0 Å². The van der Waals surface area contributed by atoms with E-state index in [0.29, 0.717) is 19.5 Å². The molecule has 1 saturated heterocycles. The van der Waals surface area contributed by atoms with Gasteiger partial charge in [0.15, 0.2) is 0 Å². The quantitative estimate of drug-likeness (QED) is 0.921. The zero-order chi connectivity index (χ0) is 16.6. The summed E-state index contributed by atoms with van der Waals surface area (Å²) in [5.74, 6) is 0.233. The lowest BCUT2D eigenvalue weighted by molar-refractivity contribution is -0.138. The number of aromatic nitrogens is 2. The third-order valence-corrected chi connectivity index (χ3v) is 4.05. The number of alkyl halides is 3. The highest BCUT2D eigenvalue weighted by atomic mass is 19.4. The largest absolute Gasteiger partial charge is 0.417 e. The zero-order valence-electron chi connectivity index (χ0n) is 12.5. The second-order valence-corrected chi connectivity index (χ2v) is 5.73. The smallest absolute Gasteiger partial charge is 0.346 e. The first-order valence-electron chi connectivity index (χ1n) is 7.33. The molecule has 0 bridgehead atoms. The van der Waals surface area contributed by atoms with Crippen LogP contribution in [0.4, 0.5) is 13.2 Å². The fourth-order valence-electron chi connectivity index (χ4n) is 2.90. The highest BCUT2D eigenvalue weighted by molar-refractivity contribution is 5.96. The normalized spacial score (nSPS) is 18.4. The second kappa shape index (κ2) is 5.72. The third kappa shape index (κ3) is 3.09. The first-order chi connectivity index (χ1) is 10.9. The van der Waals surface area contributed by atoms with E-state index in [4.69, 9.17) is 0 Å². The maximum Gasteiger partial charge on any atom is 0.417 e. The molecule has 1 aromatic carbocycles. The van der Waals surface area contributed by atoms with E-state index in [1.54, 1.807) is 6.20 Å². The summed E-state index contributed by atoms with van der Waals surface area (Å²) in [7, 11) is 0. The highest BCUT2D eigenvalue weighted by Crippen LogP contribution is 2.33. The van der Waals surface area contributed by atoms with Crippen molar-refractivity contribution in [2.75, 3.05) is 13.1 Å². The predicted molar refractivity (Wildman–Crippen MR) is 78.0 cm³/mol. The molecule has 2 heterocycles. The molecule has 0 saturated carbocycles. The van der Waals surface area contributed by atoms with Gasteiger partial charge in [0.1, 0.15) is 5.82 Å².